The number of anilines is 1. The van der Waals surface area contributed by atoms with E-state index in [0.717, 1.165) is 17.2 Å². The van der Waals surface area contributed by atoms with E-state index in [0.29, 0.717) is 23.3 Å². The topological polar surface area (TPSA) is 87.5 Å². The van der Waals surface area contributed by atoms with Crippen molar-refractivity contribution >= 4 is 23.4 Å². The van der Waals surface area contributed by atoms with Gasteiger partial charge in [0.05, 0.1) is 19.5 Å². The number of ether oxygens (including phenoxy) is 3. The molecule has 0 aliphatic rings. The predicted molar refractivity (Wildman–Crippen MR) is 129 cm³/mol. The normalized spacial score (nSPS) is 11.8. The molecule has 0 aliphatic heterocycles. The Balaban J connectivity index is 1.64. The fourth-order valence-corrected chi connectivity index (χ4v) is 4.08. The molecule has 1 amide bonds. The molecule has 0 saturated heterocycles. The molecular formula is C24H30N4O4S. The Morgan fingerprint density at radius 1 is 1.06 bits per heavy atom. The van der Waals surface area contributed by atoms with Crippen molar-refractivity contribution < 1.29 is 19.0 Å². The molecule has 176 valence electrons. The number of carbonyl (C=O) groups excluding carboxylic acids is 1. The lowest BCUT2D eigenvalue weighted by Crippen LogP contribution is -2.16. The third-order valence-electron chi connectivity index (χ3n) is 4.71. The average molecular weight is 471 g/mol. The molecule has 0 saturated carbocycles. The molecule has 9 heteroatoms. The van der Waals surface area contributed by atoms with Crippen LogP contribution in [-0.4, -0.2) is 40.1 Å². The number of amides is 1. The first-order valence-corrected chi connectivity index (χ1v) is 11.8. The molecular weight excluding hydrogens is 440 g/mol. The van der Waals surface area contributed by atoms with Crippen molar-refractivity contribution in [2.24, 2.45) is 0 Å². The van der Waals surface area contributed by atoms with Crippen LogP contribution in [0.3, 0.4) is 0 Å². The highest BCUT2D eigenvalue weighted by Gasteiger charge is 2.22. The number of carbonyl (C=O) groups is 1. The van der Waals surface area contributed by atoms with E-state index in [2.05, 4.69) is 29.4 Å². The highest BCUT2D eigenvalue weighted by atomic mass is 32.2. The van der Waals surface area contributed by atoms with Gasteiger partial charge in [-0.1, -0.05) is 17.8 Å². The third kappa shape index (κ3) is 6.64. The summed E-state index contributed by atoms with van der Waals surface area (Å²) in [5.41, 5.74) is 0.718. The Bertz CT molecular complexity index is 1050. The number of hydrogen-bond donors (Lipinski definition) is 1. The molecule has 1 aromatic heterocycles. The summed E-state index contributed by atoms with van der Waals surface area (Å²) in [5.74, 6) is 2.96. The first-order chi connectivity index (χ1) is 15.9. The molecule has 2 aromatic carbocycles. The van der Waals surface area contributed by atoms with Crippen LogP contribution in [0, 0.1) is 0 Å². The van der Waals surface area contributed by atoms with Gasteiger partial charge in [-0.25, -0.2) is 0 Å². The van der Waals surface area contributed by atoms with Crippen LogP contribution in [0.25, 0.3) is 0 Å². The summed E-state index contributed by atoms with van der Waals surface area (Å²) < 4.78 is 18.8. The average Bonchev–Trinajstić information content (AvgIpc) is 3.24. The summed E-state index contributed by atoms with van der Waals surface area (Å²) in [4.78, 5) is 12.5. The summed E-state index contributed by atoms with van der Waals surface area (Å²) in [6.07, 6.45) is -0.334. The van der Waals surface area contributed by atoms with Crippen LogP contribution < -0.4 is 19.5 Å². The molecule has 3 aromatic rings. The zero-order valence-electron chi connectivity index (χ0n) is 19.6. The molecule has 33 heavy (non-hydrogen) atoms. The lowest BCUT2D eigenvalue weighted by molar-refractivity contribution is -0.113. The maximum atomic E-state index is 12.5. The Kier molecular flexibility index (Phi) is 8.59. The SMILES string of the molecule is CCOc1ccc(NC(=O)CSc2nnc(C(C)Oc3cccc(OC)c3)n2C(C)C)cc1. The summed E-state index contributed by atoms with van der Waals surface area (Å²) in [6, 6.07) is 14.8. The molecule has 3 rings (SSSR count). The van der Waals surface area contributed by atoms with E-state index in [1.54, 1.807) is 7.11 Å². The molecule has 1 unspecified atom stereocenters. The maximum absolute atomic E-state index is 12.5. The fourth-order valence-electron chi connectivity index (χ4n) is 3.21. The zero-order valence-corrected chi connectivity index (χ0v) is 20.4. The van der Waals surface area contributed by atoms with E-state index in [1.807, 2.05) is 66.9 Å². The summed E-state index contributed by atoms with van der Waals surface area (Å²) in [7, 11) is 1.62. The molecule has 0 radical (unpaired) electrons. The maximum Gasteiger partial charge on any atom is 0.234 e. The number of nitrogens with zero attached hydrogens (tertiary/aromatic N) is 3. The van der Waals surface area contributed by atoms with E-state index in [-0.39, 0.29) is 23.8 Å². The van der Waals surface area contributed by atoms with Crippen molar-refractivity contribution in [2.45, 2.75) is 45.0 Å². The second-order valence-electron chi connectivity index (χ2n) is 7.54. The van der Waals surface area contributed by atoms with Gasteiger partial charge in [0, 0.05) is 17.8 Å². The van der Waals surface area contributed by atoms with Crippen LogP contribution >= 0.6 is 11.8 Å². The summed E-state index contributed by atoms with van der Waals surface area (Å²) >= 11 is 1.34. The molecule has 8 nitrogen and oxygen atoms in total. The molecule has 1 N–H and O–H groups in total. The van der Waals surface area contributed by atoms with Crippen LogP contribution in [0.2, 0.25) is 0 Å². The Morgan fingerprint density at radius 2 is 1.79 bits per heavy atom. The van der Waals surface area contributed by atoms with Crippen LogP contribution in [-0.2, 0) is 4.79 Å². The fraction of sp³-hybridized carbons (Fsp3) is 0.375. The molecule has 0 aliphatic carbocycles. The lowest BCUT2D eigenvalue weighted by Gasteiger charge is -2.19. The summed E-state index contributed by atoms with van der Waals surface area (Å²) in [5, 5.41) is 12.2. The van der Waals surface area contributed by atoms with E-state index in [4.69, 9.17) is 14.2 Å². The zero-order chi connectivity index (χ0) is 23.8. The molecule has 0 fully saturated rings. The van der Waals surface area contributed by atoms with Gasteiger partial charge in [-0.15, -0.1) is 10.2 Å². The number of thioether (sulfide) groups is 1. The van der Waals surface area contributed by atoms with Crippen molar-refractivity contribution in [3.8, 4) is 17.2 Å². The second-order valence-corrected chi connectivity index (χ2v) is 8.48. The van der Waals surface area contributed by atoms with Crippen LogP contribution in [0.5, 0.6) is 17.2 Å². The smallest absolute Gasteiger partial charge is 0.234 e. The van der Waals surface area contributed by atoms with E-state index >= 15 is 0 Å². The first-order valence-electron chi connectivity index (χ1n) is 10.8. The number of hydrogen-bond acceptors (Lipinski definition) is 7. The predicted octanol–water partition coefficient (Wildman–Crippen LogP) is 5.14. The molecule has 1 heterocycles. The number of nitrogens with one attached hydrogen (secondary N) is 1. The quantitative estimate of drug-likeness (QED) is 0.388. The van der Waals surface area contributed by atoms with Gasteiger partial charge >= 0.3 is 0 Å². The third-order valence-corrected chi connectivity index (χ3v) is 5.65. The van der Waals surface area contributed by atoms with Gasteiger partial charge in [-0.2, -0.15) is 0 Å². The van der Waals surface area contributed by atoms with Crippen molar-refractivity contribution in [1.82, 2.24) is 14.8 Å². The lowest BCUT2D eigenvalue weighted by atomic mass is 10.3. The van der Waals surface area contributed by atoms with E-state index in [1.165, 1.54) is 11.8 Å². The van der Waals surface area contributed by atoms with Crippen molar-refractivity contribution in [3.63, 3.8) is 0 Å². The van der Waals surface area contributed by atoms with Crippen LogP contribution in [0.1, 0.15) is 45.7 Å². The van der Waals surface area contributed by atoms with E-state index < -0.39 is 0 Å². The van der Waals surface area contributed by atoms with Crippen molar-refractivity contribution in [3.05, 3.63) is 54.4 Å². The largest absolute Gasteiger partial charge is 0.497 e. The Morgan fingerprint density at radius 3 is 2.45 bits per heavy atom. The van der Waals surface area contributed by atoms with Gasteiger partial charge in [0.25, 0.3) is 0 Å². The van der Waals surface area contributed by atoms with E-state index in [9.17, 15) is 4.79 Å². The van der Waals surface area contributed by atoms with Crippen LogP contribution in [0.15, 0.2) is 53.7 Å². The molecule has 1 atom stereocenters. The minimum Gasteiger partial charge on any atom is -0.497 e. The Labute approximate surface area is 198 Å². The number of aromatic nitrogens is 3. The number of rotatable bonds is 11. The number of methoxy groups -OCH3 is 1. The van der Waals surface area contributed by atoms with Gasteiger partial charge in [-0.05, 0) is 64.1 Å². The number of benzene rings is 2. The van der Waals surface area contributed by atoms with Crippen molar-refractivity contribution in [2.75, 3.05) is 24.8 Å². The second kappa shape index (κ2) is 11.6. The highest BCUT2D eigenvalue weighted by molar-refractivity contribution is 7.99. The Hall–Kier alpha value is -3.20. The minimum atomic E-state index is -0.334. The van der Waals surface area contributed by atoms with Gasteiger partial charge < -0.3 is 24.1 Å². The highest BCUT2D eigenvalue weighted by Crippen LogP contribution is 2.29. The van der Waals surface area contributed by atoms with Gasteiger partial charge in [0.1, 0.15) is 17.2 Å². The minimum absolute atomic E-state index is 0.100. The standard InChI is InChI=1S/C24H30N4O4S/c1-6-31-19-12-10-18(11-13-19)25-22(29)15-33-24-27-26-23(28(24)16(2)3)17(4)32-21-9-7-8-20(14-21)30-5/h7-14,16-17H,6,15H2,1-5H3,(H,25,29). The van der Waals surface area contributed by atoms with Gasteiger partial charge in [0.2, 0.25) is 5.91 Å². The first kappa shape index (κ1) is 24.4. The van der Waals surface area contributed by atoms with Gasteiger partial charge in [-0.3, -0.25) is 4.79 Å². The van der Waals surface area contributed by atoms with Gasteiger partial charge in [0.15, 0.2) is 17.1 Å². The monoisotopic (exact) mass is 470 g/mol. The van der Waals surface area contributed by atoms with Crippen molar-refractivity contribution in [1.29, 1.82) is 0 Å². The molecule has 0 spiro atoms. The summed E-state index contributed by atoms with van der Waals surface area (Å²) in [6.45, 7) is 8.56. The molecule has 0 bridgehead atoms. The van der Waals surface area contributed by atoms with Crippen LogP contribution in [0.4, 0.5) is 5.69 Å².